The highest BCUT2D eigenvalue weighted by Gasteiger charge is 2.31. The molecule has 0 aliphatic carbocycles. The van der Waals surface area contributed by atoms with E-state index < -0.39 is 5.97 Å². The van der Waals surface area contributed by atoms with E-state index in [1.165, 1.54) is 6.07 Å². The highest BCUT2D eigenvalue weighted by atomic mass is 35.5. The van der Waals surface area contributed by atoms with Crippen LogP contribution >= 0.6 is 11.6 Å². The number of para-hydroxylation sites is 1. The largest absolute Gasteiger partial charge is 0.491 e. The summed E-state index contributed by atoms with van der Waals surface area (Å²) in [5, 5.41) is 9.77. The molecule has 1 aliphatic rings. The third-order valence-electron chi connectivity index (χ3n) is 5.08. The number of carboxylic acids is 1. The quantitative estimate of drug-likeness (QED) is 0.661. The zero-order chi connectivity index (χ0) is 20.5. The first kappa shape index (κ1) is 19.5. The number of halogens is 1. The third-order valence-corrected chi connectivity index (χ3v) is 5.38. The topological polar surface area (TPSA) is 80.0 Å². The molecule has 3 aromatic rings. The van der Waals surface area contributed by atoms with E-state index in [4.69, 9.17) is 25.9 Å². The number of benzene rings is 2. The van der Waals surface area contributed by atoms with Gasteiger partial charge in [0.25, 0.3) is 0 Å². The second-order valence-corrected chi connectivity index (χ2v) is 7.64. The van der Waals surface area contributed by atoms with Gasteiger partial charge >= 0.3 is 5.97 Å². The Labute approximate surface area is 172 Å². The van der Waals surface area contributed by atoms with Crippen LogP contribution in [0.3, 0.4) is 0 Å². The Morgan fingerprint density at radius 2 is 2.07 bits per heavy atom. The second kappa shape index (κ2) is 7.89. The van der Waals surface area contributed by atoms with Crippen molar-refractivity contribution in [2.24, 2.45) is 5.92 Å². The smallest absolute Gasteiger partial charge is 0.309 e. The van der Waals surface area contributed by atoms with Crippen LogP contribution in [-0.2, 0) is 4.79 Å². The zero-order valence-corrected chi connectivity index (χ0v) is 16.6. The number of ether oxygens (including phenoxy) is 1. The van der Waals surface area contributed by atoms with Gasteiger partial charge in [-0.1, -0.05) is 23.7 Å². The molecule has 1 fully saturated rings. The van der Waals surface area contributed by atoms with Gasteiger partial charge in [0.05, 0.1) is 21.9 Å². The van der Waals surface area contributed by atoms with Crippen LogP contribution in [0.25, 0.3) is 22.3 Å². The molecule has 7 heteroatoms. The van der Waals surface area contributed by atoms with Gasteiger partial charge in [-0.15, -0.1) is 0 Å². The van der Waals surface area contributed by atoms with E-state index in [1.54, 1.807) is 18.2 Å². The predicted molar refractivity (Wildman–Crippen MR) is 111 cm³/mol. The molecule has 4 rings (SSSR count). The van der Waals surface area contributed by atoms with Crippen LogP contribution in [0, 0.1) is 12.8 Å². The lowest BCUT2D eigenvalue weighted by Crippen LogP contribution is -2.51. The number of aryl methyl sites for hydroxylation is 1. The average Bonchev–Trinajstić information content (AvgIpc) is 2.64. The van der Waals surface area contributed by atoms with Crippen LogP contribution in [0.15, 0.2) is 51.7 Å². The molecule has 29 heavy (non-hydrogen) atoms. The standard InChI is InChI=1S/C22H20ClNO5/c1-13-5-6-16(19(9-13)28-8-7-24-11-14(12-24)22(26)27)20-10-18(25)15-3-2-4-17(23)21(15)29-20/h2-6,9-10,14H,7-8,11-12H2,1H3,(H,26,27). The molecule has 0 radical (unpaired) electrons. The van der Waals surface area contributed by atoms with E-state index in [9.17, 15) is 9.59 Å². The SMILES string of the molecule is Cc1ccc(-c2cc(=O)c3cccc(Cl)c3o2)c(OCCN2CC(C(=O)O)C2)c1. The van der Waals surface area contributed by atoms with Crippen molar-refractivity contribution < 1.29 is 19.1 Å². The first-order valence-corrected chi connectivity index (χ1v) is 9.71. The lowest BCUT2D eigenvalue weighted by molar-refractivity contribution is -0.147. The van der Waals surface area contributed by atoms with E-state index in [0.29, 0.717) is 59.3 Å². The number of fused-ring (bicyclic) bond motifs is 1. The molecule has 6 nitrogen and oxygen atoms in total. The summed E-state index contributed by atoms with van der Waals surface area (Å²) in [6, 6.07) is 12.2. The molecular weight excluding hydrogens is 394 g/mol. The average molecular weight is 414 g/mol. The molecule has 1 aliphatic heterocycles. The van der Waals surface area contributed by atoms with E-state index in [-0.39, 0.29) is 11.3 Å². The number of hydrogen-bond acceptors (Lipinski definition) is 5. The number of nitrogens with zero attached hydrogens (tertiary/aromatic N) is 1. The summed E-state index contributed by atoms with van der Waals surface area (Å²) >= 11 is 6.22. The molecule has 0 spiro atoms. The summed E-state index contributed by atoms with van der Waals surface area (Å²) in [5.41, 5.74) is 1.86. The molecule has 0 amide bonds. The molecule has 0 bridgehead atoms. The fraction of sp³-hybridized carbons (Fsp3) is 0.273. The molecule has 1 saturated heterocycles. The summed E-state index contributed by atoms with van der Waals surface area (Å²) in [5.74, 6) is -0.0513. The van der Waals surface area contributed by atoms with Crippen molar-refractivity contribution in [3.05, 3.63) is 63.3 Å². The first-order valence-electron chi connectivity index (χ1n) is 9.34. The van der Waals surface area contributed by atoms with E-state index in [2.05, 4.69) is 0 Å². The van der Waals surface area contributed by atoms with Crippen LogP contribution in [0.1, 0.15) is 5.56 Å². The van der Waals surface area contributed by atoms with Crippen LogP contribution in [-0.4, -0.2) is 42.2 Å². The molecule has 0 atom stereocenters. The molecule has 1 aromatic heterocycles. The van der Waals surface area contributed by atoms with Crippen molar-refractivity contribution in [1.29, 1.82) is 0 Å². The lowest BCUT2D eigenvalue weighted by Gasteiger charge is -2.36. The molecule has 150 valence electrons. The Hall–Kier alpha value is -2.83. The minimum atomic E-state index is -0.756. The Morgan fingerprint density at radius 1 is 1.28 bits per heavy atom. The second-order valence-electron chi connectivity index (χ2n) is 7.23. The summed E-state index contributed by atoms with van der Waals surface area (Å²) in [7, 11) is 0. The zero-order valence-electron chi connectivity index (χ0n) is 15.9. The molecular formula is C22H20ClNO5. The summed E-state index contributed by atoms with van der Waals surface area (Å²) in [6.07, 6.45) is 0. The number of carbonyl (C=O) groups is 1. The van der Waals surface area contributed by atoms with Gasteiger partial charge in [0.1, 0.15) is 18.1 Å². The minimum absolute atomic E-state index is 0.171. The van der Waals surface area contributed by atoms with E-state index in [1.807, 2.05) is 30.0 Å². The monoisotopic (exact) mass is 413 g/mol. The Balaban J connectivity index is 1.57. The van der Waals surface area contributed by atoms with Crippen LogP contribution in [0.5, 0.6) is 5.75 Å². The van der Waals surface area contributed by atoms with Crippen molar-refractivity contribution in [2.45, 2.75) is 6.92 Å². The van der Waals surface area contributed by atoms with E-state index in [0.717, 1.165) is 5.56 Å². The van der Waals surface area contributed by atoms with Crippen LogP contribution < -0.4 is 10.2 Å². The number of hydrogen-bond donors (Lipinski definition) is 1. The van der Waals surface area contributed by atoms with Crippen LogP contribution in [0.4, 0.5) is 0 Å². The van der Waals surface area contributed by atoms with Crippen molar-refractivity contribution in [3.8, 4) is 17.1 Å². The molecule has 2 aromatic carbocycles. The molecule has 0 saturated carbocycles. The predicted octanol–water partition coefficient (Wildman–Crippen LogP) is 3.82. The maximum Gasteiger partial charge on any atom is 0.309 e. The maximum atomic E-state index is 12.5. The number of rotatable bonds is 6. The third kappa shape index (κ3) is 3.99. The normalized spacial score (nSPS) is 14.7. The Kier molecular flexibility index (Phi) is 5.30. The Morgan fingerprint density at radius 3 is 2.83 bits per heavy atom. The van der Waals surface area contributed by atoms with Crippen LogP contribution in [0.2, 0.25) is 5.02 Å². The Bertz CT molecular complexity index is 1130. The van der Waals surface area contributed by atoms with Gasteiger partial charge in [0.2, 0.25) is 0 Å². The van der Waals surface area contributed by atoms with E-state index >= 15 is 0 Å². The van der Waals surface area contributed by atoms with Crippen molar-refractivity contribution >= 4 is 28.5 Å². The fourth-order valence-electron chi connectivity index (χ4n) is 3.42. The molecule has 1 N–H and O–H groups in total. The maximum absolute atomic E-state index is 12.5. The number of aliphatic carboxylic acids is 1. The summed E-state index contributed by atoms with van der Waals surface area (Å²) in [6.45, 7) is 4.07. The van der Waals surface area contributed by atoms with Gasteiger partial charge in [-0.25, -0.2) is 0 Å². The van der Waals surface area contributed by atoms with Crippen molar-refractivity contribution in [3.63, 3.8) is 0 Å². The highest BCUT2D eigenvalue weighted by Crippen LogP contribution is 2.33. The van der Waals surface area contributed by atoms with Crippen molar-refractivity contribution in [2.75, 3.05) is 26.2 Å². The molecule has 0 unspecified atom stereocenters. The van der Waals surface area contributed by atoms with Crippen molar-refractivity contribution in [1.82, 2.24) is 4.90 Å². The molecule has 2 heterocycles. The number of likely N-dealkylation sites (tertiary alicyclic amines) is 1. The van der Waals surface area contributed by atoms with Gasteiger partial charge < -0.3 is 14.3 Å². The fourth-order valence-corrected chi connectivity index (χ4v) is 3.63. The van der Waals surface area contributed by atoms with Gasteiger partial charge in [-0.3, -0.25) is 14.5 Å². The summed E-state index contributed by atoms with van der Waals surface area (Å²) in [4.78, 5) is 25.5. The minimum Gasteiger partial charge on any atom is -0.491 e. The number of carboxylic acid groups (broad SMARTS) is 1. The van der Waals surface area contributed by atoms with Gasteiger partial charge in [-0.05, 0) is 36.8 Å². The highest BCUT2D eigenvalue weighted by molar-refractivity contribution is 6.34. The van der Waals surface area contributed by atoms with Gasteiger partial charge in [0.15, 0.2) is 11.0 Å². The lowest BCUT2D eigenvalue weighted by atomic mass is 10.0. The summed E-state index contributed by atoms with van der Waals surface area (Å²) < 4.78 is 11.9. The van der Waals surface area contributed by atoms with Gasteiger partial charge in [-0.2, -0.15) is 0 Å². The van der Waals surface area contributed by atoms with Gasteiger partial charge in [0, 0.05) is 25.7 Å². The first-order chi connectivity index (χ1) is 13.9.